The number of aliphatic carboxylic acids is 1. The van der Waals surface area contributed by atoms with Crippen molar-refractivity contribution >= 4 is 5.97 Å². The van der Waals surface area contributed by atoms with E-state index in [1.807, 2.05) is 0 Å². The molecule has 0 heterocycles. The molecule has 4 nitrogen and oxygen atoms in total. The number of benzene rings is 1. The van der Waals surface area contributed by atoms with Crippen LogP contribution in [0.25, 0.3) is 0 Å². The number of phenols is 1. The standard InChI is InChI=1S/C13H16O4/c1-7-6-9(13(4-5-13)12(15)16)8(2)11(17-3)10(7)14/h6,14H,4-5H2,1-3H3,(H,15,16). The minimum atomic E-state index is -0.798. The van der Waals surface area contributed by atoms with Gasteiger partial charge in [0.1, 0.15) is 0 Å². The second-order valence-electron chi connectivity index (χ2n) is 4.64. The molecular formula is C13H16O4. The Labute approximate surface area is 99.8 Å². The monoisotopic (exact) mass is 236 g/mol. The van der Waals surface area contributed by atoms with Crippen molar-refractivity contribution < 1.29 is 19.7 Å². The highest BCUT2D eigenvalue weighted by Crippen LogP contribution is 2.52. The Morgan fingerprint density at radius 1 is 1.41 bits per heavy atom. The molecule has 0 amide bonds. The lowest BCUT2D eigenvalue weighted by molar-refractivity contribution is -0.140. The topological polar surface area (TPSA) is 66.8 Å². The van der Waals surface area contributed by atoms with Crippen LogP contribution in [0.1, 0.15) is 29.5 Å². The number of carbonyl (C=O) groups is 1. The van der Waals surface area contributed by atoms with Crippen LogP contribution in [-0.2, 0) is 10.2 Å². The van der Waals surface area contributed by atoms with Crippen molar-refractivity contribution in [2.75, 3.05) is 7.11 Å². The summed E-state index contributed by atoms with van der Waals surface area (Å²) < 4.78 is 5.16. The number of carboxylic acid groups (broad SMARTS) is 1. The number of hydrogen-bond donors (Lipinski definition) is 2. The predicted molar refractivity (Wildman–Crippen MR) is 62.7 cm³/mol. The molecule has 2 rings (SSSR count). The zero-order valence-electron chi connectivity index (χ0n) is 10.2. The summed E-state index contributed by atoms with van der Waals surface area (Å²) in [6.45, 7) is 3.54. The quantitative estimate of drug-likeness (QED) is 0.843. The fourth-order valence-corrected chi connectivity index (χ4v) is 2.34. The summed E-state index contributed by atoms with van der Waals surface area (Å²) in [6.07, 6.45) is 1.30. The molecule has 2 N–H and O–H groups in total. The Hall–Kier alpha value is -1.71. The van der Waals surface area contributed by atoms with E-state index in [9.17, 15) is 15.0 Å². The maximum atomic E-state index is 11.3. The Morgan fingerprint density at radius 3 is 2.41 bits per heavy atom. The van der Waals surface area contributed by atoms with E-state index in [0.29, 0.717) is 24.2 Å². The number of carboxylic acids is 1. The molecule has 1 aliphatic rings. The van der Waals surface area contributed by atoms with Crippen LogP contribution in [0.2, 0.25) is 0 Å². The van der Waals surface area contributed by atoms with Gasteiger partial charge >= 0.3 is 5.97 Å². The van der Waals surface area contributed by atoms with E-state index >= 15 is 0 Å². The molecule has 0 unspecified atom stereocenters. The zero-order valence-corrected chi connectivity index (χ0v) is 10.2. The van der Waals surface area contributed by atoms with Gasteiger partial charge in [-0.1, -0.05) is 6.07 Å². The maximum Gasteiger partial charge on any atom is 0.314 e. The summed E-state index contributed by atoms with van der Waals surface area (Å²) >= 11 is 0. The van der Waals surface area contributed by atoms with Crippen LogP contribution in [0.5, 0.6) is 11.5 Å². The molecule has 0 spiro atoms. The Balaban J connectivity index is 2.64. The van der Waals surface area contributed by atoms with E-state index in [-0.39, 0.29) is 5.75 Å². The number of rotatable bonds is 3. The van der Waals surface area contributed by atoms with E-state index in [1.165, 1.54) is 7.11 Å². The number of ether oxygens (including phenoxy) is 1. The molecule has 0 radical (unpaired) electrons. The fourth-order valence-electron chi connectivity index (χ4n) is 2.34. The average molecular weight is 236 g/mol. The molecule has 0 aliphatic heterocycles. The molecule has 17 heavy (non-hydrogen) atoms. The summed E-state index contributed by atoms with van der Waals surface area (Å²) in [5, 5.41) is 19.2. The second-order valence-corrected chi connectivity index (χ2v) is 4.64. The molecule has 0 saturated heterocycles. The molecule has 1 fully saturated rings. The smallest absolute Gasteiger partial charge is 0.314 e. The molecule has 1 aliphatic carbocycles. The van der Waals surface area contributed by atoms with E-state index in [0.717, 1.165) is 11.1 Å². The first-order valence-electron chi connectivity index (χ1n) is 5.55. The van der Waals surface area contributed by atoms with Crippen LogP contribution in [-0.4, -0.2) is 23.3 Å². The van der Waals surface area contributed by atoms with Crippen molar-refractivity contribution in [3.63, 3.8) is 0 Å². The molecule has 1 aromatic rings. The second kappa shape index (κ2) is 3.65. The van der Waals surface area contributed by atoms with Crippen LogP contribution < -0.4 is 4.74 Å². The summed E-state index contributed by atoms with van der Waals surface area (Å²) in [7, 11) is 1.48. The van der Waals surface area contributed by atoms with Crippen molar-refractivity contribution in [3.05, 3.63) is 22.8 Å². The van der Waals surface area contributed by atoms with E-state index < -0.39 is 11.4 Å². The fraction of sp³-hybridized carbons (Fsp3) is 0.462. The van der Waals surface area contributed by atoms with Gasteiger partial charge in [-0.15, -0.1) is 0 Å². The first-order chi connectivity index (χ1) is 7.94. The van der Waals surface area contributed by atoms with Gasteiger partial charge in [0.2, 0.25) is 0 Å². The molecule has 4 heteroatoms. The van der Waals surface area contributed by atoms with Crippen LogP contribution >= 0.6 is 0 Å². The summed E-state index contributed by atoms with van der Waals surface area (Å²) in [4.78, 5) is 11.3. The first kappa shape index (κ1) is 11.8. The highest BCUT2D eigenvalue weighted by atomic mass is 16.5. The summed E-state index contributed by atoms with van der Waals surface area (Å²) in [5.41, 5.74) is 1.36. The number of hydrogen-bond acceptors (Lipinski definition) is 3. The van der Waals surface area contributed by atoms with Gasteiger partial charge in [0.15, 0.2) is 11.5 Å². The zero-order chi connectivity index (χ0) is 12.8. The number of phenolic OH excluding ortho intramolecular Hbond substituents is 1. The van der Waals surface area contributed by atoms with Gasteiger partial charge in [0, 0.05) is 0 Å². The predicted octanol–water partition coefficient (Wildman–Crippen LogP) is 2.13. The first-order valence-corrected chi connectivity index (χ1v) is 5.55. The lowest BCUT2D eigenvalue weighted by Crippen LogP contribution is -2.21. The van der Waals surface area contributed by atoms with E-state index in [1.54, 1.807) is 19.9 Å². The van der Waals surface area contributed by atoms with Crippen LogP contribution in [0, 0.1) is 13.8 Å². The van der Waals surface area contributed by atoms with Crippen molar-refractivity contribution in [1.82, 2.24) is 0 Å². The number of aryl methyl sites for hydroxylation is 1. The molecule has 1 aromatic carbocycles. The van der Waals surface area contributed by atoms with Gasteiger partial charge in [-0.3, -0.25) is 4.79 Å². The third kappa shape index (κ3) is 1.55. The largest absolute Gasteiger partial charge is 0.504 e. The highest BCUT2D eigenvalue weighted by molar-refractivity contribution is 5.86. The summed E-state index contributed by atoms with van der Waals surface area (Å²) in [6, 6.07) is 1.76. The Bertz CT molecular complexity index is 487. The van der Waals surface area contributed by atoms with Crippen LogP contribution in [0.4, 0.5) is 0 Å². The van der Waals surface area contributed by atoms with Crippen molar-refractivity contribution in [3.8, 4) is 11.5 Å². The molecule has 1 saturated carbocycles. The van der Waals surface area contributed by atoms with E-state index in [2.05, 4.69) is 0 Å². The highest BCUT2D eigenvalue weighted by Gasteiger charge is 2.53. The third-order valence-corrected chi connectivity index (χ3v) is 3.57. The van der Waals surface area contributed by atoms with Gasteiger partial charge in [-0.05, 0) is 43.4 Å². The van der Waals surface area contributed by atoms with Crippen molar-refractivity contribution in [1.29, 1.82) is 0 Å². The lowest BCUT2D eigenvalue weighted by Gasteiger charge is -2.18. The van der Waals surface area contributed by atoms with Gasteiger partial charge < -0.3 is 14.9 Å². The summed E-state index contributed by atoms with van der Waals surface area (Å²) in [5.74, 6) is -0.324. The molecule has 92 valence electrons. The van der Waals surface area contributed by atoms with Crippen LogP contribution in [0.15, 0.2) is 6.07 Å². The third-order valence-electron chi connectivity index (χ3n) is 3.57. The van der Waals surface area contributed by atoms with Gasteiger partial charge in [0.25, 0.3) is 0 Å². The molecule has 0 aromatic heterocycles. The Morgan fingerprint density at radius 2 is 2.00 bits per heavy atom. The SMILES string of the molecule is COc1c(C)c(C2(C(=O)O)CC2)cc(C)c1O. The van der Waals surface area contributed by atoms with E-state index in [4.69, 9.17) is 4.74 Å². The van der Waals surface area contributed by atoms with Crippen molar-refractivity contribution in [2.45, 2.75) is 32.1 Å². The average Bonchev–Trinajstić information content (AvgIpc) is 3.05. The van der Waals surface area contributed by atoms with Gasteiger partial charge in [-0.25, -0.2) is 0 Å². The lowest BCUT2D eigenvalue weighted by atomic mass is 9.89. The minimum Gasteiger partial charge on any atom is -0.504 e. The number of aromatic hydroxyl groups is 1. The Kier molecular flexibility index (Phi) is 2.53. The molecule has 0 atom stereocenters. The number of methoxy groups -OCH3 is 1. The minimum absolute atomic E-state index is 0.0925. The van der Waals surface area contributed by atoms with Gasteiger partial charge in [0.05, 0.1) is 12.5 Å². The molecule has 0 bridgehead atoms. The maximum absolute atomic E-state index is 11.3. The van der Waals surface area contributed by atoms with Crippen LogP contribution in [0.3, 0.4) is 0 Å². The van der Waals surface area contributed by atoms with Crippen molar-refractivity contribution in [2.24, 2.45) is 0 Å². The molecular weight excluding hydrogens is 220 g/mol. The normalized spacial score (nSPS) is 16.6. The van der Waals surface area contributed by atoms with Gasteiger partial charge in [-0.2, -0.15) is 0 Å².